The van der Waals surface area contributed by atoms with Crippen molar-refractivity contribution in [3.8, 4) is 0 Å². The van der Waals surface area contributed by atoms with E-state index in [2.05, 4.69) is 26.0 Å². The largest absolute Gasteiger partial charge is 0.468 e. The van der Waals surface area contributed by atoms with Gasteiger partial charge in [0.1, 0.15) is 24.5 Å². The molecular weight excluding hydrogens is 349 g/mol. The lowest BCUT2D eigenvalue weighted by atomic mass is 9.99. The molecule has 0 saturated carbocycles. The molecule has 0 saturated heterocycles. The first-order valence-corrected chi connectivity index (χ1v) is 8.59. The standard InChI is InChI=1S/C19H18FN5O2/c1-27-17(26)11-25-19-16(10-23-25)18(21-12-22-19)24-8-6-14(7-9-24)13-2-4-15(20)5-3-13/h2-6,10,12H,7-9,11H2,1H3. The highest BCUT2D eigenvalue weighted by atomic mass is 19.1. The molecule has 0 radical (unpaired) electrons. The smallest absolute Gasteiger partial charge is 0.327 e. The summed E-state index contributed by atoms with van der Waals surface area (Å²) >= 11 is 0. The highest BCUT2D eigenvalue weighted by molar-refractivity contribution is 5.88. The summed E-state index contributed by atoms with van der Waals surface area (Å²) in [4.78, 5) is 22.4. The number of fused-ring (bicyclic) bond motifs is 1. The van der Waals surface area contributed by atoms with Crippen LogP contribution in [0.4, 0.5) is 10.2 Å². The molecular formula is C19H18FN5O2. The Morgan fingerprint density at radius 1 is 1.26 bits per heavy atom. The Morgan fingerprint density at radius 2 is 2.07 bits per heavy atom. The molecule has 8 heteroatoms. The summed E-state index contributed by atoms with van der Waals surface area (Å²) in [6.45, 7) is 1.46. The van der Waals surface area contributed by atoms with Gasteiger partial charge in [-0.3, -0.25) is 4.79 Å². The fourth-order valence-corrected chi connectivity index (χ4v) is 3.22. The molecule has 1 aliphatic rings. The van der Waals surface area contributed by atoms with Gasteiger partial charge in [0.25, 0.3) is 0 Å². The lowest BCUT2D eigenvalue weighted by Gasteiger charge is -2.27. The maximum absolute atomic E-state index is 13.1. The highest BCUT2D eigenvalue weighted by Gasteiger charge is 2.19. The third kappa shape index (κ3) is 3.38. The minimum atomic E-state index is -0.384. The van der Waals surface area contributed by atoms with E-state index in [0.717, 1.165) is 29.7 Å². The summed E-state index contributed by atoms with van der Waals surface area (Å²) in [6.07, 6.45) is 6.11. The van der Waals surface area contributed by atoms with Crippen LogP contribution in [0.5, 0.6) is 0 Å². The average Bonchev–Trinajstić information content (AvgIpc) is 3.11. The monoisotopic (exact) mass is 367 g/mol. The van der Waals surface area contributed by atoms with E-state index < -0.39 is 0 Å². The van der Waals surface area contributed by atoms with Crippen LogP contribution in [0, 0.1) is 5.82 Å². The van der Waals surface area contributed by atoms with E-state index in [1.165, 1.54) is 35.8 Å². The van der Waals surface area contributed by atoms with Crippen molar-refractivity contribution in [3.63, 3.8) is 0 Å². The molecule has 0 spiro atoms. The molecule has 0 N–H and O–H groups in total. The third-order valence-electron chi connectivity index (χ3n) is 4.64. The quantitative estimate of drug-likeness (QED) is 0.660. The van der Waals surface area contributed by atoms with Crippen LogP contribution in [-0.2, 0) is 16.1 Å². The van der Waals surface area contributed by atoms with Gasteiger partial charge in [-0.2, -0.15) is 5.10 Å². The van der Waals surface area contributed by atoms with E-state index in [-0.39, 0.29) is 18.3 Å². The Bertz CT molecular complexity index is 1010. The number of hydrogen-bond donors (Lipinski definition) is 0. The highest BCUT2D eigenvalue weighted by Crippen LogP contribution is 2.28. The number of benzene rings is 1. The number of hydrogen-bond acceptors (Lipinski definition) is 6. The molecule has 1 aromatic carbocycles. The molecule has 7 nitrogen and oxygen atoms in total. The number of carbonyl (C=O) groups is 1. The van der Waals surface area contributed by atoms with Crippen LogP contribution in [0.3, 0.4) is 0 Å². The Labute approximate surface area is 155 Å². The summed E-state index contributed by atoms with van der Waals surface area (Å²) in [7, 11) is 1.34. The summed E-state index contributed by atoms with van der Waals surface area (Å²) in [5, 5.41) is 5.04. The van der Waals surface area contributed by atoms with E-state index in [0.29, 0.717) is 12.2 Å². The molecule has 27 heavy (non-hydrogen) atoms. The van der Waals surface area contributed by atoms with E-state index >= 15 is 0 Å². The predicted octanol–water partition coefficient (Wildman–Crippen LogP) is 2.43. The lowest BCUT2D eigenvalue weighted by Crippen LogP contribution is -2.29. The van der Waals surface area contributed by atoms with Gasteiger partial charge in [-0.25, -0.2) is 19.0 Å². The SMILES string of the molecule is COC(=O)Cn1ncc2c(N3CC=C(c4ccc(F)cc4)CC3)ncnc21. The summed E-state index contributed by atoms with van der Waals surface area (Å²) in [5.41, 5.74) is 2.83. The number of anilines is 1. The zero-order valence-corrected chi connectivity index (χ0v) is 14.8. The molecule has 1 aliphatic heterocycles. The molecule has 0 amide bonds. The summed E-state index contributed by atoms with van der Waals surface area (Å²) in [6, 6.07) is 6.56. The van der Waals surface area contributed by atoms with Gasteiger partial charge >= 0.3 is 5.97 Å². The number of carbonyl (C=O) groups excluding carboxylic acids is 1. The van der Waals surface area contributed by atoms with Crippen molar-refractivity contribution >= 4 is 28.4 Å². The number of halogens is 1. The van der Waals surface area contributed by atoms with Crippen molar-refractivity contribution in [2.45, 2.75) is 13.0 Å². The minimum Gasteiger partial charge on any atom is -0.468 e. The topological polar surface area (TPSA) is 73.1 Å². The number of esters is 1. The van der Waals surface area contributed by atoms with Crippen LogP contribution in [0.1, 0.15) is 12.0 Å². The number of rotatable bonds is 4. The second-order valence-electron chi connectivity index (χ2n) is 6.25. The van der Waals surface area contributed by atoms with E-state index in [1.807, 2.05) is 0 Å². The van der Waals surface area contributed by atoms with Gasteiger partial charge in [-0.05, 0) is 29.7 Å². The van der Waals surface area contributed by atoms with Gasteiger partial charge in [-0.1, -0.05) is 18.2 Å². The molecule has 0 atom stereocenters. The lowest BCUT2D eigenvalue weighted by molar-refractivity contribution is -0.141. The maximum Gasteiger partial charge on any atom is 0.327 e. The molecule has 0 unspecified atom stereocenters. The Balaban J connectivity index is 1.58. The van der Waals surface area contributed by atoms with Crippen LogP contribution in [-0.4, -0.2) is 45.9 Å². The molecule has 2 aromatic heterocycles. The van der Waals surface area contributed by atoms with Gasteiger partial charge in [-0.15, -0.1) is 0 Å². The molecule has 0 fully saturated rings. The first-order valence-electron chi connectivity index (χ1n) is 8.59. The van der Waals surface area contributed by atoms with Gasteiger partial charge in [0, 0.05) is 13.1 Å². The second kappa shape index (κ2) is 7.14. The molecule has 0 aliphatic carbocycles. The molecule has 3 aromatic rings. The molecule has 138 valence electrons. The van der Waals surface area contributed by atoms with Crippen LogP contribution in [0.25, 0.3) is 16.6 Å². The van der Waals surface area contributed by atoms with Crippen LogP contribution in [0.2, 0.25) is 0 Å². The maximum atomic E-state index is 13.1. The minimum absolute atomic E-state index is 0.00503. The van der Waals surface area contributed by atoms with E-state index in [1.54, 1.807) is 18.3 Å². The van der Waals surface area contributed by atoms with Crippen molar-refractivity contribution in [1.82, 2.24) is 19.7 Å². The van der Waals surface area contributed by atoms with Gasteiger partial charge < -0.3 is 9.64 Å². The van der Waals surface area contributed by atoms with Gasteiger partial charge in [0.05, 0.1) is 18.7 Å². The van der Waals surface area contributed by atoms with Crippen molar-refractivity contribution in [2.75, 3.05) is 25.1 Å². The Hall–Kier alpha value is -3.29. The number of nitrogens with zero attached hydrogens (tertiary/aromatic N) is 5. The van der Waals surface area contributed by atoms with Gasteiger partial charge in [0.15, 0.2) is 5.65 Å². The van der Waals surface area contributed by atoms with Crippen LogP contribution in [0.15, 0.2) is 42.9 Å². The third-order valence-corrected chi connectivity index (χ3v) is 4.64. The fraction of sp³-hybridized carbons (Fsp3) is 0.263. The number of aromatic nitrogens is 4. The normalized spacial score (nSPS) is 14.3. The molecule has 3 heterocycles. The van der Waals surface area contributed by atoms with Crippen LogP contribution < -0.4 is 4.90 Å². The van der Waals surface area contributed by atoms with Gasteiger partial charge in [0.2, 0.25) is 0 Å². The van der Waals surface area contributed by atoms with E-state index in [4.69, 9.17) is 4.74 Å². The molecule has 0 bridgehead atoms. The van der Waals surface area contributed by atoms with Crippen molar-refractivity contribution in [2.24, 2.45) is 0 Å². The predicted molar refractivity (Wildman–Crippen MR) is 98.5 cm³/mol. The Kier molecular flexibility index (Phi) is 4.53. The van der Waals surface area contributed by atoms with Crippen LogP contribution >= 0.6 is 0 Å². The fourth-order valence-electron chi connectivity index (χ4n) is 3.22. The summed E-state index contributed by atoms with van der Waals surface area (Å²) in [5.74, 6) is 0.166. The molecule has 4 rings (SSSR count). The van der Waals surface area contributed by atoms with E-state index in [9.17, 15) is 9.18 Å². The average molecular weight is 367 g/mol. The number of ether oxygens (including phenoxy) is 1. The zero-order valence-electron chi connectivity index (χ0n) is 14.8. The Morgan fingerprint density at radius 3 is 2.78 bits per heavy atom. The first kappa shape index (κ1) is 17.1. The number of methoxy groups -OCH3 is 1. The van der Waals surface area contributed by atoms with Crippen molar-refractivity contribution in [3.05, 3.63) is 54.2 Å². The second-order valence-corrected chi connectivity index (χ2v) is 6.25. The zero-order chi connectivity index (χ0) is 18.8. The summed E-state index contributed by atoms with van der Waals surface area (Å²) < 4.78 is 19.3. The van der Waals surface area contributed by atoms with Crippen molar-refractivity contribution in [1.29, 1.82) is 0 Å². The van der Waals surface area contributed by atoms with Crippen molar-refractivity contribution < 1.29 is 13.9 Å². The first-order chi connectivity index (χ1) is 13.2.